The minimum atomic E-state index is 0.295. The highest BCUT2D eigenvalue weighted by Crippen LogP contribution is 2.45. The predicted octanol–water partition coefficient (Wildman–Crippen LogP) is 4.04. The second-order valence-corrected chi connectivity index (χ2v) is 6.51. The molecule has 1 heterocycles. The van der Waals surface area contributed by atoms with E-state index in [1.165, 1.54) is 49.7 Å². The first kappa shape index (κ1) is 13.4. The van der Waals surface area contributed by atoms with Crippen LogP contribution in [0, 0.1) is 11.8 Å². The van der Waals surface area contributed by atoms with Crippen LogP contribution in [-0.2, 0) is 9.53 Å². The van der Waals surface area contributed by atoms with Crippen molar-refractivity contribution in [3.63, 3.8) is 0 Å². The number of allylic oxidation sites excluding steroid dienone is 1. The summed E-state index contributed by atoms with van der Waals surface area (Å²) < 4.78 is 6.11. The van der Waals surface area contributed by atoms with Crippen LogP contribution < -0.4 is 0 Å². The Bertz CT molecular complexity index is 377. The summed E-state index contributed by atoms with van der Waals surface area (Å²) in [4.78, 5) is 12.2. The highest BCUT2D eigenvalue weighted by Gasteiger charge is 2.44. The summed E-state index contributed by atoms with van der Waals surface area (Å²) in [5.74, 6) is 1.56. The van der Waals surface area contributed by atoms with Gasteiger partial charge in [-0.3, -0.25) is 4.79 Å². The normalized spacial score (nSPS) is 32.2. The molecule has 2 heteroatoms. The van der Waals surface area contributed by atoms with E-state index in [1.807, 2.05) is 0 Å². The quantitative estimate of drug-likeness (QED) is 0.764. The van der Waals surface area contributed by atoms with Crippen molar-refractivity contribution in [3.8, 4) is 0 Å². The number of ketones is 1. The maximum Gasteiger partial charge on any atom is 0.159 e. The number of rotatable bonds is 4. The third-order valence-electron chi connectivity index (χ3n) is 5.20. The van der Waals surface area contributed by atoms with Crippen LogP contribution in [0.15, 0.2) is 11.1 Å². The molecule has 1 saturated carbocycles. The molecular weight excluding hydrogens is 236 g/mol. The summed E-state index contributed by atoms with van der Waals surface area (Å²) in [5, 5.41) is 0. The molecule has 0 bridgehead atoms. The molecule has 0 radical (unpaired) electrons. The van der Waals surface area contributed by atoms with E-state index in [2.05, 4.69) is 6.92 Å². The number of unbranched alkanes of at least 4 members (excludes halogenated alkanes) is 1. The zero-order valence-corrected chi connectivity index (χ0v) is 12.1. The fourth-order valence-electron chi connectivity index (χ4n) is 4.19. The summed E-state index contributed by atoms with van der Waals surface area (Å²) in [6.45, 7) is 3.00. The van der Waals surface area contributed by atoms with Gasteiger partial charge in [0, 0.05) is 12.3 Å². The van der Waals surface area contributed by atoms with E-state index in [0.29, 0.717) is 23.7 Å². The Morgan fingerprint density at radius 1 is 1.21 bits per heavy atom. The maximum absolute atomic E-state index is 12.2. The zero-order valence-electron chi connectivity index (χ0n) is 12.1. The van der Waals surface area contributed by atoms with Crippen molar-refractivity contribution in [1.29, 1.82) is 0 Å². The molecule has 0 amide bonds. The molecule has 0 spiro atoms. The minimum absolute atomic E-state index is 0.295. The van der Waals surface area contributed by atoms with E-state index in [4.69, 9.17) is 4.74 Å². The van der Waals surface area contributed by atoms with E-state index < -0.39 is 0 Å². The van der Waals surface area contributed by atoms with E-state index in [0.717, 1.165) is 25.9 Å². The van der Waals surface area contributed by atoms with Crippen molar-refractivity contribution in [2.45, 2.75) is 70.8 Å². The standard InChI is InChI=1S/C17H26O2/c1-2-3-9-14-15(18)10-13-11-19-17(16(13)14)12-7-5-4-6-8-12/h12-13,17H,2-11H2,1H3/t13-,17+/m0/s1. The molecule has 0 unspecified atom stereocenters. The average Bonchev–Trinajstić information content (AvgIpc) is 2.96. The molecule has 19 heavy (non-hydrogen) atoms. The third kappa shape index (κ3) is 2.52. The van der Waals surface area contributed by atoms with Gasteiger partial charge in [-0.15, -0.1) is 0 Å². The van der Waals surface area contributed by atoms with Crippen molar-refractivity contribution in [1.82, 2.24) is 0 Å². The van der Waals surface area contributed by atoms with Crippen molar-refractivity contribution in [3.05, 3.63) is 11.1 Å². The number of fused-ring (bicyclic) bond motifs is 1. The third-order valence-corrected chi connectivity index (χ3v) is 5.20. The maximum atomic E-state index is 12.2. The van der Waals surface area contributed by atoms with Gasteiger partial charge in [0.1, 0.15) is 0 Å². The van der Waals surface area contributed by atoms with Crippen LogP contribution in [0.3, 0.4) is 0 Å². The second kappa shape index (κ2) is 5.78. The van der Waals surface area contributed by atoms with Gasteiger partial charge < -0.3 is 4.74 Å². The van der Waals surface area contributed by atoms with Crippen molar-refractivity contribution < 1.29 is 9.53 Å². The Labute approximate surface area is 116 Å². The monoisotopic (exact) mass is 262 g/mol. The van der Waals surface area contributed by atoms with Gasteiger partial charge in [-0.2, -0.15) is 0 Å². The lowest BCUT2D eigenvalue weighted by atomic mass is 9.80. The van der Waals surface area contributed by atoms with E-state index >= 15 is 0 Å². The molecule has 2 fully saturated rings. The Hall–Kier alpha value is -0.630. The number of hydrogen-bond acceptors (Lipinski definition) is 2. The molecule has 2 aliphatic carbocycles. The minimum Gasteiger partial charge on any atom is -0.373 e. The van der Waals surface area contributed by atoms with Gasteiger partial charge in [0.2, 0.25) is 0 Å². The summed E-state index contributed by atoms with van der Waals surface area (Å²) in [6.07, 6.45) is 11.0. The number of Topliss-reactive ketones (excluding diaryl/α,β-unsaturated/α-hetero) is 1. The van der Waals surface area contributed by atoms with Crippen LogP contribution in [0.1, 0.15) is 64.7 Å². The average molecular weight is 262 g/mol. The summed E-state index contributed by atoms with van der Waals surface area (Å²) >= 11 is 0. The van der Waals surface area contributed by atoms with Crippen LogP contribution in [0.5, 0.6) is 0 Å². The Morgan fingerprint density at radius 3 is 2.74 bits per heavy atom. The largest absolute Gasteiger partial charge is 0.373 e. The molecular formula is C17H26O2. The molecule has 0 N–H and O–H groups in total. The summed E-state index contributed by atoms with van der Waals surface area (Å²) in [5.41, 5.74) is 2.60. The number of hydrogen-bond donors (Lipinski definition) is 0. The molecule has 0 aromatic carbocycles. The van der Waals surface area contributed by atoms with Crippen molar-refractivity contribution in [2.75, 3.05) is 6.61 Å². The van der Waals surface area contributed by atoms with Gasteiger partial charge in [0.05, 0.1) is 12.7 Å². The fourth-order valence-corrected chi connectivity index (χ4v) is 4.19. The lowest BCUT2D eigenvalue weighted by Crippen LogP contribution is -2.24. The molecule has 2 atom stereocenters. The molecule has 0 aromatic heterocycles. The molecule has 0 aromatic rings. The Morgan fingerprint density at radius 2 is 2.00 bits per heavy atom. The smallest absolute Gasteiger partial charge is 0.159 e. The van der Waals surface area contributed by atoms with Crippen molar-refractivity contribution >= 4 is 5.78 Å². The van der Waals surface area contributed by atoms with Gasteiger partial charge in [-0.25, -0.2) is 0 Å². The Balaban J connectivity index is 1.81. The van der Waals surface area contributed by atoms with Crippen LogP contribution >= 0.6 is 0 Å². The Kier molecular flexibility index (Phi) is 4.07. The molecule has 106 valence electrons. The van der Waals surface area contributed by atoms with E-state index in [9.17, 15) is 4.79 Å². The first-order valence-electron chi connectivity index (χ1n) is 8.19. The van der Waals surface area contributed by atoms with Gasteiger partial charge in [0.25, 0.3) is 0 Å². The van der Waals surface area contributed by atoms with Crippen LogP contribution in [-0.4, -0.2) is 18.5 Å². The SMILES string of the molecule is CCCCC1=C2[C@H](CO[C@@H]2C2CCCCC2)CC1=O. The highest BCUT2D eigenvalue weighted by molar-refractivity contribution is 5.99. The van der Waals surface area contributed by atoms with Gasteiger partial charge in [0.15, 0.2) is 5.78 Å². The van der Waals surface area contributed by atoms with E-state index in [-0.39, 0.29) is 0 Å². The van der Waals surface area contributed by atoms with Crippen molar-refractivity contribution in [2.24, 2.45) is 11.8 Å². The van der Waals surface area contributed by atoms with Gasteiger partial charge >= 0.3 is 0 Å². The van der Waals surface area contributed by atoms with Crippen LogP contribution in [0.4, 0.5) is 0 Å². The summed E-state index contributed by atoms with van der Waals surface area (Å²) in [7, 11) is 0. The zero-order chi connectivity index (χ0) is 13.2. The lowest BCUT2D eigenvalue weighted by Gasteiger charge is -2.28. The predicted molar refractivity (Wildman–Crippen MR) is 76.0 cm³/mol. The first-order valence-corrected chi connectivity index (χ1v) is 8.19. The number of ether oxygens (including phenoxy) is 1. The molecule has 3 aliphatic rings. The van der Waals surface area contributed by atoms with Crippen LogP contribution in [0.2, 0.25) is 0 Å². The number of carbonyl (C=O) groups is 1. The number of carbonyl (C=O) groups excluding carboxylic acids is 1. The molecule has 1 saturated heterocycles. The van der Waals surface area contributed by atoms with Crippen LogP contribution in [0.25, 0.3) is 0 Å². The fraction of sp³-hybridized carbons (Fsp3) is 0.824. The van der Waals surface area contributed by atoms with E-state index in [1.54, 1.807) is 0 Å². The molecule has 3 rings (SSSR count). The first-order chi connectivity index (χ1) is 9.31. The summed E-state index contributed by atoms with van der Waals surface area (Å²) in [6, 6.07) is 0. The lowest BCUT2D eigenvalue weighted by molar-refractivity contribution is -0.115. The van der Waals surface area contributed by atoms with Gasteiger partial charge in [-0.05, 0) is 42.7 Å². The molecule has 1 aliphatic heterocycles. The molecule has 2 nitrogen and oxygen atoms in total. The van der Waals surface area contributed by atoms with Gasteiger partial charge in [-0.1, -0.05) is 32.6 Å². The highest BCUT2D eigenvalue weighted by atomic mass is 16.5. The topological polar surface area (TPSA) is 26.3 Å². The second-order valence-electron chi connectivity index (χ2n) is 6.51.